The molecule has 0 saturated carbocycles. The fourth-order valence-electron chi connectivity index (χ4n) is 2.62. The van der Waals surface area contributed by atoms with E-state index in [-0.39, 0.29) is 18.2 Å². The molecule has 1 aromatic carbocycles. The number of rotatable bonds is 4. The van der Waals surface area contributed by atoms with Crippen LogP contribution >= 0.6 is 11.6 Å². The number of nitrogens with zero attached hydrogens (tertiary/aromatic N) is 1. The lowest BCUT2D eigenvalue weighted by atomic mass is 10.0. The Balaban J connectivity index is 1.98. The zero-order valence-electron chi connectivity index (χ0n) is 11.4. The van der Waals surface area contributed by atoms with E-state index in [0.717, 1.165) is 12.0 Å². The summed E-state index contributed by atoms with van der Waals surface area (Å²) >= 11 is 5.98. The fourth-order valence-corrected chi connectivity index (χ4v) is 2.91. The molecule has 1 unspecified atom stereocenters. The van der Waals surface area contributed by atoms with Gasteiger partial charge in [0, 0.05) is 30.1 Å². The van der Waals surface area contributed by atoms with E-state index in [1.54, 1.807) is 11.0 Å². The van der Waals surface area contributed by atoms with Gasteiger partial charge in [0.2, 0.25) is 0 Å². The Labute approximate surface area is 123 Å². The minimum Gasteiger partial charge on any atom is -0.481 e. The molecule has 20 heavy (non-hydrogen) atoms. The summed E-state index contributed by atoms with van der Waals surface area (Å²) in [4.78, 5) is 24.7. The Bertz CT molecular complexity index is 510. The number of carboxylic acid groups (broad SMARTS) is 1. The van der Waals surface area contributed by atoms with Gasteiger partial charge in [0.05, 0.1) is 0 Å². The van der Waals surface area contributed by atoms with Crippen LogP contribution in [-0.2, 0) is 4.79 Å². The van der Waals surface area contributed by atoms with Crippen molar-refractivity contribution in [2.24, 2.45) is 5.92 Å². The summed E-state index contributed by atoms with van der Waals surface area (Å²) in [5.74, 6) is -0.510. The standard InChI is InChI=1S/C15H18ClNO3/c1-10-6-12(8-13(16)7-10)15(20)17-5-4-11(9-17)2-3-14(18)19/h6-8,11H,2-5,9H2,1H3,(H,18,19). The molecule has 1 aliphatic rings. The Morgan fingerprint density at radius 3 is 2.80 bits per heavy atom. The molecule has 1 aliphatic heterocycles. The number of benzene rings is 1. The molecule has 0 spiro atoms. The Hall–Kier alpha value is -1.55. The van der Waals surface area contributed by atoms with Gasteiger partial charge in [0.1, 0.15) is 0 Å². The minimum atomic E-state index is -0.778. The molecule has 1 amide bonds. The van der Waals surface area contributed by atoms with Crippen LogP contribution in [0.2, 0.25) is 5.02 Å². The normalized spacial score (nSPS) is 18.3. The van der Waals surface area contributed by atoms with Gasteiger partial charge in [-0.15, -0.1) is 0 Å². The van der Waals surface area contributed by atoms with E-state index < -0.39 is 5.97 Å². The number of amides is 1. The maximum Gasteiger partial charge on any atom is 0.303 e. The number of carboxylic acids is 1. The highest BCUT2D eigenvalue weighted by Crippen LogP contribution is 2.24. The highest BCUT2D eigenvalue weighted by molar-refractivity contribution is 6.31. The molecular weight excluding hydrogens is 278 g/mol. The number of aliphatic carboxylic acids is 1. The molecule has 1 saturated heterocycles. The number of hydrogen-bond donors (Lipinski definition) is 1. The van der Waals surface area contributed by atoms with Gasteiger partial charge in [-0.1, -0.05) is 11.6 Å². The zero-order chi connectivity index (χ0) is 14.7. The maximum atomic E-state index is 12.4. The van der Waals surface area contributed by atoms with Crippen LogP contribution in [0, 0.1) is 12.8 Å². The van der Waals surface area contributed by atoms with E-state index in [1.165, 1.54) is 0 Å². The Morgan fingerprint density at radius 2 is 2.15 bits per heavy atom. The Kier molecular flexibility index (Phi) is 4.65. The molecule has 4 nitrogen and oxygen atoms in total. The Morgan fingerprint density at radius 1 is 1.40 bits per heavy atom. The van der Waals surface area contributed by atoms with Gasteiger partial charge >= 0.3 is 5.97 Å². The molecular formula is C15H18ClNO3. The second-order valence-corrected chi connectivity index (χ2v) is 5.79. The van der Waals surface area contributed by atoms with Crippen LogP contribution in [0.25, 0.3) is 0 Å². The molecule has 0 radical (unpaired) electrons. The average Bonchev–Trinajstić information content (AvgIpc) is 2.83. The first-order valence-electron chi connectivity index (χ1n) is 6.74. The average molecular weight is 296 g/mol. The van der Waals surface area contributed by atoms with Gasteiger partial charge in [-0.05, 0) is 49.4 Å². The number of hydrogen-bond acceptors (Lipinski definition) is 2. The van der Waals surface area contributed by atoms with E-state index in [4.69, 9.17) is 16.7 Å². The van der Waals surface area contributed by atoms with E-state index in [1.807, 2.05) is 19.1 Å². The van der Waals surface area contributed by atoms with E-state index >= 15 is 0 Å². The van der Waals surface area contributed by atoms with E-state index in [2.05, 4.69) is 0 Å². The lowest BCUT2D eigenvalue weighted by molar-refractivity contribution is -0.137. The van der Waals surface area contributed by atoms with Gasteiger partial charge in [-0.3, -0.25) is 9.59 Å². The van der Waals surface area contributed by atoms with Crippen molar-refractivity contribution in [3.8, 4) is 0 Å². The monoisotopic (exact) mass is 295 g/mol. The van der Waals surface area contributed by atoms with Crippen LogP contribution < -0.4 is 0 Å². The smallest absolute Gasteiger partial charge is 0.303 e. The molecule has 1 fully saturated rings. The molecule has 1 aromatic rings. The van der Waals surface area contributed by atoms with Crippen LogP contribution in [0.5, 0.6) is 0 Å². The first kappa shape index (κ1) is 14.9. The van der Waals surface area contributed by atoms with Crippen LogP contribution in [0.15, 0.2) is 18.2 Å². The largest absolute Gasteiger partial charge is 0.481 e. The molecule has 0 bridgehead atoms. The van der Waals surface area contributed by atoms with Crippen LogP contribution in [0.1, 0.15) is 35.2 Å². The van der Waals surface area contributed by atoms with Crippen LogP contribution in [0.4, 0.5) is 0 Å². The third kappa shape index (κ3) is 3.73. The van der Waals surface area contributed by atoms with E-state index in [9.17, 15) is 9.59 Å². The zero-order valence-corrected chi connectivity index (χ0v) is 12.2. The van der Waals surface area contributed by atoms with Gasteiger partial charge in [-0.25, -0.2) is 0 Å². The third-order valence-corrected chi connectivity index (χ3v) is 3.85. The van der Waals surface area contributed by atoms with Gasteiger partial charge in [0.15, 0.2) is 0 Å². The topological polar surface area (TPSA) is 57.6 Å². The molecule has 1 atom stereocenters. The molecule has 0 aromatic heterocycles. The number of likely N-dealkylation sites (tertiary alicyclic amines) is 1. The van der Waals surface area contributed by atoms with Crippen molar-refractivity contribution < 1.29 is 14.7 Å². The summed E-state index contributed by atoms with van der Waals surface area (Å²) < 4.78 is 0. The van der Waals surface area contributed by atoms with Gasteiger partial charge in [-0.2, -0.15) is 0 Å². The summed E-state index contributed by atoms with van der Waals surface area (Å²) in [5.41, 5.74) is 1.57. The lowest BCUT2D eigenvalue weighted by Gasteiger charge is -2.17. The summed E-state index contributed by atoms with van der Waals surface area (Å²) in [7, 11) is 0. The predicted octanol–water partition coefficient (Wildman–Crippen LogP) is 2.98. The number of halogens is 1. The molecule has 1 N–H and O–H groups in total. The van der Waals surface area contributed by atoms with Crippen molar-refractivity contribution in [2.45, 2.75) is 26.2 Å². The molecule has 5 heteroatoms. The van der Waals surface area contributed by atoms with Crippen molar-refractivity contribution in [1.29, 1.82) is 0 Å². The summed E-state index contributed by atoms with van der Waals surface area (Å²) in [5, 5.41) is 9.26. The number of carbonyl (C=O) groups excluding carboxylic acids is 1. The highest BCUT2D eigenvalue weighted by Gasteiger charge is 2.27. The predicted molar refractivity (Wildman–Crippen MR) is 77.1 cm³/mol. The van der Waals surface area contributed by atoms with Crippen molar-refractivity contribution in [2.75, 3.05) is 13.1 Å². The van der Waals surface area contributed by atoms with Crippen LogP contribution in [0.3, 0.4) is 0 Å². The second kappa shape index (κ2) is 6.27. The summed E-state index contributed by atoms with van der Waals surface area (Å²) in [6, 6.07) is 5.33. The SMILES string of the molecule is Cc1cc(Cl)cc(C(=O)N2CCC(CCC(=O)O)C2)c1. The quantitative estimate of drug-likeness (QED) is 0.929. The van der Waals surface area contributed by atoms with Crippen molar-refractivity contribution >= 4 is 23.5 Å². The maximum absolute atomic E-state index is 12.4. The van der Waals surface area contributed by atoms with Crippen molar-refractivity contribution in [3.05, 3.63) is 34.3 Å². The number of carbonyl (C=O) groups is 2. The lowest BCUT2D eigenvalue weighted by Crippen LogP contribution is -2.28. The number of aryl methyl sites for hydroxylation is 1. The van der Waals surface area contributed by atoms with Gasteiger partial charge in [0.25, 0.3) is 5.91 Å². The molecule has 1 heterocycles. The van der Waals surface area contributed by atoms with Gasteiger partial charge < -0.3 is 10.0 Å². The second-order valence-electron chi connectivity index (χ2n) is 5.36. The minimum absolute atomic E-state index is 0.0200. The fraction of sp³-hybridized carbons (Fsp3) is 0.467. The summed E-state index contributed by atoms with van der Waals surface area (Å²) in [6.07, 6.45) is 1.68. The molecule has 0 aliphatic carbocycles. The first-order chi connectivity index (χ1) is 9.45. The van der Waals surface area contributed by atoms with Crippen LogP contribution in [-0.4, -0.2) is 35.0 Å². The third-order valence-electron chi connectivity index (χ3n) is 3.63. The molecule has 108 valence electrons. The summed E-state index contributed by atoms with van der Waals surface area (Å²) in [6.45, 7) is 3.23. The van der Waals surface area contributed by atoms with Crippen molar-refractivity contribution in [3.63, 3.8) is 0 Å². The van der Waals surface area contributed by atoms with Crippen molar-refractivity contribution in [1.82, 2.24) is 4.90 Å². The highest BCUT2D eigenvalue weighted by atomic mass is 35.5. The first-order valence-corrected chi connectivity index (χ1v) is 7.12. The molecule has 2 rings (SSSR count). The van der Waals surface area contributed by atoms with E-state index in [0.29, 0.717) is 30.1 Å².